The molecule has 0 aliphatic rings. The fraction of sp³-hybridized carbons (Fsp3) is 0.286. The summed E-state index contributed by atoms with van der Waals surface area (Å²) < 4.78 is 12.4. The predicted molar refractivity (Wildman–Crippen MR) is 121 cm³/mol. The van der Waals surface area contributed by atoms with Gasteiger partial charge in [-0.25, -0.2) is 0 Å². The molecule has 0 saturated carbocycles. The zero-order valence-electron chi connectivity index (χ0n) is 17.3. The Morgan fingerprint density at radius 2 is 1.83 bits per heavy atom. The predicted octanol–water partition coefficient (Wildman–Crippen LogP) is 4.16. The van der Waals surface area contributed by atoms with Crippen molar-refractivity contribution < 1.29 is 14.3 Å². The number of ether oxygens (including phenoxy) is 2. The van der Waals surface area contributed by atoms with Crippen molar-refractivity contribution in [1.29, 1.82) is 0 Å². The molecule has 0 bridgehead atoms. The molecule has 3 aromatic rings. The topological polar surface area (TPSA) is 78.3 Å². The molecule has 30 heavy (non-hydrogen) atoms. The number of thioether (sulfide) groups is 2. The van der Waals surface area contributed by atoms with E-state index >= 15 is 0 Å². The molecule has 0 radical (unpaired) electrons. The highest BCUT2D eigenvalue weighted by Gasteiger charge is 2.14. The SMILES string of the molecule is COc1ccc(OC)c(NC(=O)CSc2nnc(CSc3ccc(C)cc3)n2C)c1. The van der Waals surface area contributed by atoms with E-state index in [1.165, 1.54) is 22.2 Å². The van der Waals surface area contributed by atoms with Crippen molar-refractivity contribution in [2.45, 2.75) is 22.7 Å². The lowest BCUT2D eigenvalue weighted by molar-refractivity contribution is -0.113. The number of carbonyl (C=O) groups is 1. The summed E-state index contributed by atoms with van der Waals surface area (Å²) in [4.78, 5) is 13.6. The minimum absolute atomic E-state index is 0.162. The van der Waals surface area contributed by atoms with Gasteiger partial charge in [0, 0.05) is 18.0 Å². The van der Waals surface area contributed by atoms with Gasteiger partial charge in [-0.1, -0.05) is 29.5 Å². The first-order valence-corrected chi connectivity index (χ1v) is 11.2. The average Bonchev–Trinajstić information content (AvgIpc) is 3.11. The number of benzene rings is 2. The van der Waals surface area contributed by atoms with E-state index in [0.29, 0.717) is 28.1 Å². The maximum absolute atomic E-state index is 12.4. The summed E-state index contributed by atoms with van der Waals surface area (Å²) in [5.41, 5.74) is 1.80. The van der Waals surface area contributed by atoms with Gasteiger partial charge >= 0.3 is 0 Å². The van der Waals surface area contributed by atoms with Crippen LogP contribution in [0.25, 0.3) is 0 Å². The van der Waals surface area contributed by atoms with Gasteiger partial charge in [-0.05, 0) is 31.2 Å². The molecule has 1 N–H and O–H groups in total. The van der Waals surface area contributed by atoms with Gasteiger partial charge < -0.3 is 19.4 Å². The summed E-state index contributed by atoms with van der Waals surface area (Å²) in [6, 6.07) is 13.6. The van der Waals surface area contributed by atoms with E-state index in [2.05, 4.69) is 46.7 Å². The summed E-state index contributed by atoms with van der Waals surface area (Å²) in [6.45, 7) is 2.07. The zero-order valence-corrected chi connectivity index (χ0v) is 19.0. The van der Waals surface area contributed by atoms with E-state index in [1.807, 2.05) is 11.6 Å². The molecule has 158 valence electrons. The Bertz CT molecular complexity index is 1010. The standard InChI is InChI=1S/C21H24N4O3S2/c1-14-5-8-16(9-6-14)29-12-19-23-24-21(25(19)2)30-13-20(26)22-17-11-15(27-3)7-10-18(17)28-4/h5-11H,12-13H2,1-4H3,(H,22,26). The number of rotatable bonds is 9. The van der Waals surface area contributed by atoms with Gasteiger partial charge in [0.2, 0.25) is 5.91 Å². The number of anilines is 1. The molecule has 0 saturated heterocycles. The van der Waals surface area contributed by atoms with Crippen molar-refractivity contribution in [1.82, 2.24) is 14.8 Å². The molecule has 7 nitrogen and oxygen atoms in total. The molecule has 1 aromatic heterocycles. The van der Waals surface area contributed by atoms with Gasteiger partial charge in [0.15, 0.2) is 5.16 Å². The van der Waals surface area contributed by atoms with Crippen LogP contribution in [-0.2, 0) is 17.6 Å². The van der Waals surface area contributed by atoms with E-state index in [1.54, 1.807) is 44.2 Å². The van der Waals surface area contributed by atoms with Gasteiger partial charge in [0.25, 0.3) is 0 Å². The van der Waals surface area contributed by atoms with Crippen molar-refractivity contribution >= 4 is 35.1 Å². The molecular weight excluding hydrogens is 420 g/mol. The second-order valence-corrected chi connectivity index (χ2v) is 8.45. The summed E-state index contributed by atoms with van der Waals surface area (Å²) in [7, 11) is 5.05. The first kappa shape index (κ1) is 22.0. The quantitative estimate of drug-likeness (QED) is 0.497. The van der Waals surface area contributed by atoms with E-state index < -0.39 is 0 Å². The second-order valence-electron chi connectivity index (χ2n) is 6.46. The Kier molecular flexibility index (Phi) is 7.64. The third-order valence-corrected chi connectivity index (χ3v) is 6.36. The normalized spacial score (nSPS) is 10.7. The molecule has 0 aliphatic heterocycles. The minimum Gasteiger partial charge on any atom is -0.497 e. The summed E-state index contributed by atoms with van der Waals surface area (Å²) >= 11 is 3.04. The maximum Gasteiger partial charge on any atom is 0.234 e. The van der Waals surface area contributed by atoms with Crippen LogP contribution in [0.4, 0.5) is 5.69 Å². The maximum atomic E-state index is 12.4. The number of aromatic nitrogens is 3. The molecule has 0 unspecified atom stereocenters. The highest BCUT2D eigenvalue weighted by molar-refractivity contribution is 7.99. The lowest BCUT2D eigenvalue weighted by Gasteiger charge is -2.11. The Labute approximate surface area is 184 Å². The number of hydrogen-bond acceptors (Lipinski definition) is 7. The minimum atomic E-state index is -0.162. The van der Waals surface area contributed by atoms with Gasteiger partial charge in [0.1, 0.15) is 17.3 Å². The molecule has 0 atom stereocenters. The molecule has 1 amide bonds. The number of amides is 1. The van der Waals surface area contributed by atoms with Crippen LogP contribution in [0, 0.1) is 6.92 Å². The van der Waals surface area contributed by atoms with E-state index in [-0.39, 0.29) is 11.7 Å². The van der Waals surface area contributed by atoms with Crippen LogP contribution in [0.2, 0.25) is 0 Å². The lowest BCUT2D eigenvalue weighted by Crippen LogP contribution is -2.15. The summed E-state index contributed by atoms with van der Waals surface area (Å²) in [6.07, 6.45) is 0. The van der Waals surface area contributed by atoms with Crippen molar-refractivity contribution in [3.05, 3.63) is 53.9 Å². The summed E-state index contributed by atoms with van der Waals surface area (Å²) in [5.74, 6) is 2.83. The van der Waals surface area contributed by atoms with Crippen LogP contribution in [0.1, 0.15) is 11.4 Å². The first-order chi connectivity index (χ1) is 14.5. The molecular formula is C21H24N4O3S2. The van der Waals surface area contributed by atoms with Crippen molar-refractivity contribution in [2.75, 3.05) is 25.3 Å². The van der Waals surface area contributed by atoms with Gasteiger partial charge in [0.05, 0.1) is 31.4 Å². The number of aryl methyl sites for hydroxylation is 1. The Morgan fingerprint density at radius 3 is 2.53 bits per heavy atom. The number of nitrogens with zero attached hydrogens (tertiary/aromatic N) is 3. The van der Waals surface area contributed by atoms with Crippen LogP contribution in [0.15, 0.2) is 52.5 Å². The molecule has 0 spiro atoms. The molecule has 9 heteroatoms. The Morgan fingerprint density at radius 1 is 1.07 bits per heavy atom. The van der Waals surface area contributed by atoms with Crippen LogP contribution < -0.4 is 14.8 Å². The van der Waals surface area contributed by atoms with E-state index in [9.17, 15) is 4.79 Å². The van der Waals surface area contributed by atoms with Crippen molar-refractivity contribution in [3.63, 3.8) is 0 Å². The highest BCUT2D eigenvalue weighted by Crippen LogP contribution is 2.29. The Balaban J connectivity index is 1.56. The fourth-order valence-corrected chi connectivity index (χ4v) is 4.21. The Hall–Kier alpha value is -2.65. The van der Waals surface area contributed by atoms with Gasteiger partial charge in [-0.15, -0.1) is 22.0 Å². The third kappa shape index (κ3) is 5.70. The fourth-order valence-electron chi connectivity index (χ4n) is 2.61. The average molecular weight is 445 g/mol. The van der Waals surface area contributed by atoms with Crippen molar-refractivity contribution in [2.24, 2.45) is 7.05 Å². The van der Waals surface area contributed by atoms with Crippen LogP contribution in [0.5, 0.6) is 11.5 Å². The monoisotopic (exact) mass is 444 g/mol. The molecule has 0 aliphatic carbocycles. The van der Waals surface area contributed by atoms with Crippen LogP contribution >= 0.6 is 23.5 Å². The number of carbonyl (C=O) groups excluding carboxylic acids is 1. The number of methoxy groups -OCH3 is 2. The van der Waals surface area contributed by atoms with Crippen LogP contribution in [0.3, 0.4) is 0 Å². The number of nitrogens with one attached hydrogen (secondary N) is 1. The third-order valence-electron chi connectivity index (χ3n) is 4.33. The van der Waals surface area contributed by atoms with E-state index in [0.717, 1.165) is 5.82 Å². The largest absolute Gasteiger partial charge is 0.497 e. The van der Waals surface area contributed by atoms with Crippen molar-refractivity contribution in [3.8, 4) is 11.5 Å². The number of hydrogen-bond donors (Lipinski definition) is 1. The molecule has 1 heterocycles. The first-order valence-electron chi connectivity index (χ1n) is 9.22. The second kappa shape index (κ2) is 10.4. The molecule has 3 rings (SSSR count). The molecule has 0 fully saturated rings. The van der Waals surface area contributed by atoms with Gasteiger partial charge in [-0.3, -0.25) is 4.79 Å². The van der Waals surface area contributed by atoms with Crippen LogP contribution in [-0.4, -0.2) is 40.6 Å². The zero-order chi connectivity index (χ0) is 21.5. The van der Waals surface area contributed by atoms with E-state index in [4.69, 9.17) is 9.47 Å². The smallest absolute Gasteiger partial charge is 0.234 e. The highest BCUT2D eigenvalue weighted by atomic mass is 32.2. The summed E-state index contributed by atoms with van der Waals surface area (Å²) in [5, 5.41) is 12.0. The van der Waals surface area contributed by atoms with Gasteiger partial charge in [-0.2, -0.15) is 0 Å². The lowest BCUT2D eigenvalue weighted by atomic mass is 10.2. The molecule has 2 aromatic carbocycles.